The summed E-state index contributed by atoms with van der Waals surface area (Å²) in [7, 11) is 0. The van der Waals surface area contributed by atoms with Crippen molar-refractivity contribution in [2.45, 2.75) is 45.6 Å². The van der Waals surface area contributed by atoms with E-state index in [4.69, 9.17) is 10.2 Å². The zero-order chi connectivity index (χ0) is 13.1. The average molecular weight is 316 g/mol. The summed E-state index contributed by atoms with van der Waals surface area (Å²) in [6, 6.07) is 0. The van der Waals surface area contributed by atoms with E-state index in [9.17, 15) is 0 Å². The van der Waals surface area contributed by atoms with Crippen molar-refractivity contribution in [1.29, 1.82) is 0 Å². The molecule has 0 aromatic carbocycles. The van der Waals surface area contributed by atoms with Crippen LogP contribution < -0.4 is 5.32 Å². The van der Waals surface area contributed by atoms with Gasteiger partial charge in [-0.15, -0.1) is 0 Å². The first-order chi connectivity index (χ1) is 8.67. The van der Waals surface area contributed by atoms with Crippen molar-refractivity contribution >= 4 is 21.7 Å². The Morgan fingerprint density at radius 2 is 2.39 bits per heavy atom. The van der Waals surface area contributed by atoms with Crippen LogP contribution in [0.25, 0.3) is 0 Å². The topological polar surface area (TPSA) is 50.1 Å². The molecule has 0 saturated carbocycles. The fraction of sp³-hybridized carbons (Fsp3) is 0.769. The molecule has 0 aliphatic carbocycles. The number of hydrogen-bond acceptors (Lipinski definition) is 3. The molecule has 2 N–H and O–H groups in total. The first-order valence-corrected chi connectivity index (χ1v) is 7.57. The molecule has 0 fully saturated rings. The molecule has 18 heavy (non-hydrogen) atoms. The predicted octanol–water partition coefficient (Wildman–Crippen LogP) is 2.97. The van der Waals surface area contributed by atoms with Gasteiger partial charge in [-0.25, -0.2) is 4.68 Å². The molecule has 2 heterocycles. The van der Waals surface area contributed by atoms with E-state index in [0.29, 0.717) is 11.8 Å². The summed E-state index contributed by atoms with van der Waals surface area (Å²) in [4.78, 5) is 0. The third kappa shape index (κ3) is 2.72. The molecule has 4 nitrogen and oxygen atoms in total. The average Bonchev–Trinajstić information content (AvgIpc) is 2.67. The minimum Gasteiger partial charge on any atom is -0.396 e. The predicted molar refractivity (Wildman–Crippen MR) is 76.9 cm³/mol. The lowest BCUT2D eigenvalue weighted by atomic mass is 10.0. The molecule has 1 aliphatic rings. The molecule has 0 amide bonds. The van der Waals surface area contributed by atoms with Crippen LogP contribution in [0.3, 0.4) is 0 Å². The van der Waals surface area contributed by atoms with Crippen LogP contribution in [-0.4, -0.2) is 28.0 Å². The Bertz CT molecular complexity index is 405. The molecule has 1 aromatic heterocycles. The van der Waals surface area contributed by atoms with E-state index in [2.05, 4.69) is 39.8 Å². The van der Waals surface area contributed by atoms with Gasteiger partial charge in [0.2, 0.25) is 0 Å². The number of anilines is 1. The van der Waals surface area contributed by atoms with Crippen molar-refractivity contribution in [3.05, 3.63) is 10.2 Å². The zero-order valence-electron chi connectivity index (χ0n) is 11.1. The largest absolute Gasteiger partial charge is 0.396 e. The van der Waals surface area contributed by atoms with Gasteiger partial charge < -0.3 is 10.4 Å². The Kier molecular flexibility index (Phi) is 4.67. The van der Waals surface area contributed by atoms with Gasteiger partial charge in [0.15, 0.2) is 0 Å². The van der Waals surface area contributed by atoms with E-state index in [1.165, 1.54) is 6.42 Å². The van der Waals surface area contributed by atoms with Crippen molar-refractivity contribution in [3.63, 3.8) is 0 Å². The maximum Gasteiger partial charge on any atom is 0.139 e. The summed E-state index contributed by atoms with van der Waals surface area (Å²) in [5.41, 5.74) is 1.16. The summed E-state index contributed by atoms with van der Waals surface area (Å²) in [6.07, 6.45) is 3.18. The summed E-state index contributed by atoms with van der Waals surface area (Å²) in [6.45, 7) is 6.51. The Hall–Kier alpha value is -0.550. The van der Waals surface area contributed by atoms with E-state index in [0.717, 1.165) is 41.9 Å². The van der Waals surface area contributed by atoms with Crippen LogP contribution in [-0.2, 0) is 6.54 Å². The van der Waals surface area contributed by atoms with Crippen molar-refractivity contribution in [2.24, 2.45) is 5.92 Å². The van der Waals surface area contributed by atoms with E-state index in [1.807, 2.05) is 0 Å². The van der Waals surface area contributed by atoms with Gasteiger partial charge in [-0.2, -0.15) is 5.10 Å². The highest BCUT2D eigenvalue weighted by molar-refractivity contribution is 9.10. The van der Waals surface area contributed by atoms with Gasteiger partial charge in [0.05, 0.1) is 10.2 Å². The minimum absolute atomic E-state index is 0.253. The number of aliphatic hydroxyl groups is 1. The van der Waals surface area contributed by atoms with Crippen LogP contribution in [0.2, 0.25) is 0 Å². The lowest BCUT2D eigenvalue weighted by Gasteiger charge is -2.24. The highest BCUT2D eigenvalue weighted by Crippen LogP contribution is 2.35. The molecule has 5 heteroatoms. The summed E-state index contributed by atoms with van der Waals surface area (Å²) >= 11 is 3.67. The molecule has 0 radical (unpaired) electrons. The van der Waals surface area contributed by atoms with E-state index in [-0.39, 0.29) is 6.61 Å². The Labute approximate surface area is 117 Å². The molecule has 2 unspecified atom stereocenters. The molecule has 0 spiro atoms. The lowest BCUT2D eigenvalue weighted by Crippen LogP contribution is -2.28. The lowest BCUT2D eigenvalue weighted by molar-refractivity contribution is 0.244. The number of halogens is 1. The second-order valence-electron chi connectivity index (χ2n) is 5.18. The van der Waals surface area contributed by atoms with Crippen LogP contribution >= 0.6 is 15.9 Å². The Balaban J connectivity index is 2.18. The number of nitrogens with one attached hydrogen (secondary N) is 1. The molecular formula is C13H22BrN3O. The fourth-order valence-corrected chi connectivity index (χ4v) is 3.39. The van der Waals surface area contributed by atoms with Crippen LogP contribution in [0.4, 0.5) is 5.82 Å². The Morgan fingerprint density at radius 3 is 3.06 bits per heavy atom. The van der Waals surface area contributed by atoms with E-state index >= 15 is 0 Å². The molecule has 102 valence electrons. The molecule has 2 atom stereocenters. The van der Waals surface area contributed by atoms with Gasteiger partial charge in [-0.3, -0.25) is 0 Å². The monoisotopic (exact) mass is 315 g/mol. The molecular weight excluding hydrogens is 294 g/mol. The van der Waals surface area contributed by atoms with Gasteiger partial charge in [0, 0.05) is 25.6 Å². The molecule has 1 aliphatic heterocycles. The third-order valence-corrected chi connectivity index (χ3v) is 4.42. The summed E-state index contributed by atoms with van der Waals surface area (Å²) < 4.78 is 3.17. The van der Waals surface area contributed by atoms with Gasteiger partial charge in [-0.05, 0) is 34.7 Å². The highest BCUT2D eigenvalue weighted by atomic mass is 79.9. The normalized spacial score (nSPS) is 20.3. The number of hydrogen-bond donors (Lipinski definition) is 2. The van der Waals surface area contributed by atoms with E-state index in [1.54, 1.807) is 0 Å². The smallest absolute Gasteiger partial charge is 0.139 e. The number of fused-ring (bicyclic) bond motifs is 1. The number of aromatic nitrogens is 2. The van der Waals surface area contributed by atoms with Gasteiger partial charge >= 0.3 is 0 Å². The first kappa shape index (κ1) is 13.9. The van der Waals surface area contributed by atoms with Crippen molar-refractivity contribution < 1.29 is 5.11 Å². The maximum atomic E-state index is 9.02. The van der Waals surface area contributed by atoms with E-state index < -0.39 is 0 Å². The zero-order valence-corrected chi connectivity index (χ0v) is 12.7. The second-order valence-corrected chi connectivity index (χ2v) is 5.97. The van der Waals surface area contributed by atoms with Gasteiger partial charge in [0.1, 0.15) is 5.82 Å². The first-order valence-electron chi connectivity index (χ1n) is 6.78. The number of aliphatic hydroxyl groups excluding tert-OH is 1. The van der Waals surface area contributed by atoms with Crippen molar-refractivity contribution in [2.75, 3.05) is 18.5 Å². The van der Waals surface area contributed by atoms with Crippen molar-refractivity contribution in [1.82, 2.24) is 9.78 Å². The SMILES string of the molecule is CCCC(C)c1nn2c(c1Br)NCC(CCO)C2. The van der Waals surface area contributed by atoms with Crippen LogP contribution in [0, 0.1) is 5.92 Å². The standard InChI is InChI=1S/C13H22BrN3O/c1-3-4-9(2)12-11(14)13-15-7-10(5-6-18)8-17(13)16-12/h9-10,15,18H,3-8H2,1-2H3. The molecule has 2 rings (SSSR count). The van der Waals surface area contributed by atoms with Crippen molar-refractivity contribution in [3.8, 4) is 0 Å². The second kappa shape index (κ2) is 6.06. The molecule has 0 bridgehead atoms. The maximum absolute atomic E-state index is 9.02. The molecule has 1 aromatic rings. The number of nitrogens with zero attached hydrogens (tertiary/aromatic N) is 2. The highest BCUT2D eigenvalue weighted by Gasteiger charge is 2.25. The minimum atomic E-state index is 0.253. The quantitative estimate of drug-likeness (QED) is 0.878. The summed E-state index contributed by atoms with van der Waals surface area (Å²) in [5.74, 6) is 2.06. The number of rotatable bonds is 5. The molecule has 0 saturated heterocycles. The third-order valence-electron chi connectivity index (χ3n) is 3.63. The fourth-order valence-electron chi connectivity index (χ4n) is 2.57. The summed E-state index contributed by atoms with van der Waals surface area (Å²) in [5, 5.41) is 17.2. The van der Waals surface area contributed by atoms with Crippen LogP contribution in [0.5, 0.6) is 0 Å². The van der Waals surface area contributed by atoms with Crippen LogP contribution in [0.1, 0.15) is 44.7 Å². The Morgan fingerprint density at radius 1 is 1.61 bits per heavy atom. The van der Waals surface area contributed by atoms with Gasteiger partial charge in [-0.1, -0.05) is 20.3 Å². The van der Waals surface area contributed by atoms with Crippen LogP contribution in [0.15, 0.2) is 4.47 Å². The van der Waals surface area contributed by atoms with Gasteiger partial charge in [0.25, 0.3) is 0 Å².